The molecule has 1 aromatic heterocycles. The van der Waals surface area contributed by atoms with Crippen LogP contribution in [-0.4, -0.2) is 36.1 Å². The van der Waals surface area contributed by atoms with Gasteiger partial charge in [-0.15, -0.1) is 11.3 Å². The third-order valence-electron chi connectivity index (χ3n) is 4.69. The van der Waals surface area contributed by atoms with Crippen molar-refractivity contribution in [2.45, 2.75) is 57.2 Å². The zero-order valence-electron chi connectivity index (χ0n) is 11.6. The second-order valence-corrected chi connectivity index (χ2v) is 6.93. The van der Waals surface area contributed by atoms with Crippen molar-refractivity contribution in [3.8, 4) is 0 Å². The molecule has 3 nitrogen and oxygen atoms in total. The highest BCUT2D eigenvalue weighted by atomic mass is 32.1. The van der Waals surface area contributed by atoms with Crippen molar-refractivity contribution in [2.75, 3.05) is 14.1 Å². The van der Waals surface area contributed by atoms with Gasteiger partial charge in [0.05, 0.1) is 10.7 Å². The van der Waals surface area contributed by atoms with Crippen molar-refractivity contribution in [1.29, 1.82) is 0 Å². The molecule has 2 atom stereocenters. The normalized spacial score (nSPS) is 32.1. The van der Waals surface area contributed by atoms with Crippen LogP contribution in [-0.2, 0) is 6.54 Å². The first-order valence-corrected chi connectivity index (χ1v) is 7.83. The lowest BCUT2D eigenvalue weighted by Gasteiger charge is -2.35. The smallest absolute Gasteiger partial charge is 0.0963 e. The number of rotatable bonds is 3. The summed E-state index contributed by atoms with van der Waals surface area (Å²) in [5.74, 6) is 0.716. The van der Waals surface area contributed by atoms with Gasteiger partial charge in [-0.1, -0.05) is 0 Å². The molecule has 2 aliphatic rings. The number of thiazole rings is 1. The molecule has 1 aromatic rings. The first-order chi connectivity index (χ1) is 8.69. The summed E-state index contributed by atoms with van der Waals surface area (Å²) < 4.78 is 0. The van der Waals surface area contributed by atoms with Crippen LogP contribution in [0.5, 0.6) is 0 Å². The Hall–Kier alpha value is -0.450. The Labute approximate surface area is 114 Å². The van der Waals surface area contributed by atoms with Gasteiger partial charge in [0.2, 0.25) is 0 Å². The maximum absolute atomic E-state index is 4.83. The summed E-state index contributed by atoms with van der Waals surface area (Å²) in [7, 11) is 4.31. The Morgan fingerprint density at radius 3 is 2.61 bits per heavy atom. The maximum atomic E-state index is 4.83. The number of fused-ring (bicyclic) bond motifs is 2. The standard InChI is InChI=1S/C14H23N3S/c1-9-13(8-15-2)18-14(16-9)10-6-11-4-5-12(7-10)17(11)3/h10-12,15H,4-8H2,1-3H3. The van der Waals surface area contributed by atoms with E-state index in [0.717, 1.165) is 18.6 Å². The van der Waals surface area contributed by atoms with E-state index in [2.05, 4.69) is 24.2 Å². The molecule has 0 aliphatic carbocycles. The van der Waals surface area contributed by atoms with E-state index in [9.17, 15) is 0 Å². The Balaban J connectivity index is 1.77. The number of nitrogens with zero attached hydrogens (tertiary/aromatic N) is 2. The molecule has 2 aliphatic heterocycles. The molecule has 0 aromatic carbocycles. The van der Waals surface area contributed by atoms with E-state index in [0.29, 0.717) is 5.92 Å². The molecule has 1 N–H and O–H groups in total. The maximum Gasteiger partial charge on any atom is 0.0963 e. The molecular weight excluding hydrogens is 242 g/mol. The van der Waals surface area contributed by atoms with Crippen LogP contribution in [0.15, 0.2) is 0 Å². The Bertz CT molecular complexity index is 415. The molecule has 18 heavy (non-hydrogen) atoms. The average molecular weight is 265 g/mol. The van der Waals surface area contributed by atoms with E-state index in [-0.39, 0.29) is 0 Å². The third-order valence-corrected chi connectivity index (χ3v) is 6.01. The van der Waals surface area contributed by atoms with Crippen molar-refractivity contribution in [1.82, 2.24) is 15.2 Å². The van der Waals surface area contributed by atoms with Gasteiger partial charge in [0.15, 0.2) is 0 Å². The summed E-state index contributed by atoms with van der Waals surface area (Å²) in [6.45, 7) is 3.11. The van der Waals surface area contributed by atoms with Crippen LogP contribution in [0.3, 0.4) is 0 Å². The summed E-state index contributed by atoms with van der Waals surface area (Å²) in [5.41, 5.74) is 1.23. The van der Waals surface area contributed by atoms with Crippen molar-refractivity contribution in [2.24, 2.45) is 0 Å². The van der Waals surface area contributed by atoms with Crippen LogP contribution >= 0.6 is 11.3 Å². The number of hydrogen-bond acceptors (Lipinski definition) is 4. The number of hydrogen-bond donors (Lipinski definition) is 1. The zero-order valence-corrected chi connectivity index (χ0v) is 12.4. The highest BCUT2D eigenvalue weighted by molar-refractivity contribution is 7.11. The first kappa shape index (κ1) is 12.6. The quantitative estimate of drug-likeness (QED) is 0.910. The van der Waals surface area contributed by atoms with Gasteiger partial charge in [-0.2, -0.15) is 0 Å². The van der Waals surface area contributed by atoms with Crippen molar-refractivity contribution in [3.05, 3.63) is 15.6 Å². The lowest BCUT2D eigenvalue weighted by molar-refractivity contribution is 0.161. The molecule has 0 radical (unpaired) electrons. The van der Waals surface area contributed by atoms with Crippen molar-refractivity contribution < 1.29 is 0 Å². The summed E-state index contributed by atoms with van der Waals surface area (Å²) in [6, 6.07) is 1.62. The molecule has 3 heterocycles. The summed E-state index contributed by atoms with van der Waals surface area (Å²) in [4.78, 5) is 8.85. The molecule has 0 amide bonds. The minimum absolute atomic E-state index is 0.716. The van der Waals surface area contributed by atoms with E-state index < -0.39 is 0 Å². The number of aryl methyl sites for hydroxylation is 1. The monoisotopic (exact) mass is 265 g/mol. The Morgan fingerprint density at radius 1 is 1.33 bits per heavy atom. The predicted molar refractivity (Wildman–Crippen MR) is 76.2 cm³/mol. The fraction of sp³-hybridized carbons (Fsp3) is 0.786. The molecule has 0 saturated carbocycles. The van der Waals surface area contributed by atoms with E-state index in [1.165, 1.54) is 41.3 Å². The van der Waals surface area contributed by atoms with Crippen LogP contribution < -0.4 is 5.32 Å². The molecule has 2 saturated heterocycles. The first-order valence-electron chi connectivity index (χ1n) is 7.01. The molecule has 100 valence electrons. The minimum Gasteiger partial charge on any atom is -0.315 e. The van der Waals surface area contributed by atoms with E-state index in [1.54, 1.807) is 0 Å². The van der Waals surface area contributed by atoms with Gasteiger partial charge in [0, 0.05) is 29.4 Å². The largest absolute Gasteiger partial charge is 0.315 e. The van der Waals surface area contributed by atoms with Crippen LogP contribution in [0.2, 0.25) is 0 Å². The Morgan fingerprint density at radius 2 is 2.00 bits per heavy atom. The van der Waals surface area contributed by atoms with E-state index >= 15 is 0 Å². The molecule has 2 bridgehead atoms. The summed E-state index contributed by atoms with van der Waals surface area (Å²) in [5, 5.41) is 4.63. The molecule has 2 unspecified atom stereocenters. The molecule has 2 fully saturated rings. The fourth-order valence-electron chi connectivity index (χ4n) is 3.56. The van der Waals surface area contributed by atoms with Crippen LogP contribution in [0.1, 0.15) is 47.2 Å². The third kappa shape index (κ3) is 2.10. The predicted octanol–water partition coefficient (Wildman–Crippen LogP) is 2.51. The van der Waals surface area contributed by atoms with Crippen LogP contribution in [0.25, 0.3) is 0 Å². The lowest BCUT2D eigenvalue weighted by Crippen LogP contribution is -2.39. The summed E-state index contributed by atoms with van der Waals surface area (Å²) >= 11 is 1.93. The van der Waals surface area contributed by atoms with E-state index in [4.69, 9.17) is 4.98 Å². The second-order valence-electron chi connectivity index (χ2n) is 5.81. The minimum atomic E-state index is 0.716. The van der Waals surface area contributed by atoms with Gasteiger partial charge in [-0.05, 0) is 46.7 Å². The van der Waals surface area contributed by atoms with Crippen molar-refractivity contribution in [3.63, 3.8) is 0 Å². The molecule has 3 rings (SSSR count). The molecule has 4 heteroatoms. The van der Waals surface area contributed by atoms with Gasteiger partial charge >= 0.3 is 0 Å². The summed E-state index contributed by atoms with van der Waals surface area (Å²) in [6.07, 6.45) is 5.43. The molecular formula is C14H23N3S. The van der Waals surface area contributed by atoms with Gasteiger partial charge in [-0.3, -0.25) is 0 Å². The van der Waals surface area contributed by atoms with Gasteiger partial charge in [0.1, 0.15) is 0 Å². The van der Waals surface area contributed by atoms with Crippen LogP contribution in [0.4, 0.5) is 0 Å². The topological polar surface area (TPSA) is 28.2 Å². The number of piperidine rings is 1. The van der Waals surface area contributed by atoms with Gasteiger partial charge < -0.3 is 10.2 Å². The Kier molecular flexibility index (Phi) is 3.43. The molecule has 0 spiro atoms. The fourth-order valence-corrected chi connectivity index (χ4v) is 4.77. The van der Waals surface area contributed by atoms with Crippen molar-refractivity contribution >= 4 is 11.3 Å². The lowest BCUT2D eigenvalue weighted by atomic mass is 9.92. The van der Waals surface area contributed by atoms with Gasteiger partial charge in [-0.25, -0.2) is 4.98 Å². The SMILES string of the molecule is CNCc1sc(C2CC3CCC(C2)N3C)nc1C. The highest BCUT2D eigenvalue weighted by Gasteiger charge is 2.39. The second kappa shape index (κ2) is 4.91. The number of nitrogens with one attached hydrogen (secondary N) is 1. The average Bonchev–Trinajstić information content (AvgIpc) is 2.78. The zero-order chi connectivity index (χ0) is 12.7. The van der Waals surface area contributed by atoms with Crippen LogP contribution in [0, 0.1) is 6.92 Å². The van der Waals surface area contributed by atoms with Gasteiger partial charge in [0.25, 0.3) is 0 Å². The number of aromatic nitrogens is 1. The van der Waals surface area contributed by atoms with E-state index in [1.807, 2.05) is 18.4 Å². The highest BCUT2D eigenvalue weighted by Crippen LogP contribution is 2.43.